The number of carbonyl (C=O) groups excluding carboxylic acids is 1. The number of H-pyrrole nitrogens is 2. The molecule has 110 valence electrons. The first-order valence-electron chi connectivity index (χ1n) is 7.26. The van der Waals surface area contributed by atoms with Crippen LogP contribution < -0.4 is 5.32 Å². The van der Waals surface area contributed by atoms with Gasteiger partial charge in [-0.05, 0) is 37.1 Å². The van der Waals surface area contributed by atoms with E-state index in [9.17, 15) is 4.79 Å². The zero-order valence-electron chi connectivity index (χ0n) is 11.8. The molecule has 0 radical (unpaired) electrons. The van der Waals surface area contributed by atoms with Gasteiger partial charge in [-0.25, -0.2) is 0 Å². The number of carbonyl (C=O) groups is 1. The summed E-state index contributed by atoms with van der Waals surface area (Å²) in [6.45, 7) is 0. The summed E-state index contributed by atoms with van der Waals surface area (Å²) in [5.41, 5.74) is 4.08. The SMILES string of the molecule is O=C(Nc1cccc(-c2ccn[nH]2)c1)c1cc(C2CC2)[nH]n1. The normalized spacial score (nSPS) is 14.0. The van der Waals surface area contributed by atoms with E-state index >= 15 is 0 Å². The fourth-order valence-electron chi connectivity index (χ4n) is 2.43. The molecule has 0 aliphatic heterocycles. The molecule has 0 saturated heterocycles. The fraction of sp³-hybridized carbons (Fsp3) is 0.188. The van der Waals surface area contributed by atoms with Crippen molar-refractivity contribution in [1.29, 1.82) is 0 Å². The van der Waals surface area contributed by atoms with Gasteiger partial charge >= 0.3 is 0 Å². The maximum absolute atomic E-state index is 12.3. The van der Waals surface area contributed by atoms with Crippen molar-refractivity contribution in [2.45, 2.75) is 18.8 Å². The lowest BCUT2D eigenvalue weighted by Crippen LogP contribution is -2.12. The van der Waals surface area contributed by atoms with Crippen LogP contribution in [0.5, 0.6) is 0 Å². The van der Waals surface area contributed by atoms with Crippen LogP contribution in [0.3, 0.4) is 0 Å². The Hall–Kier alpha value is -2.89. The van der Waals surface area contributed by atoms with Crippen LogP contribution in [0, 0.1) is 0 Å². The first-order valence-corrected chi connectivity index (χ1v) is 7.26. The lowest BCUT2D eigenvalue weighted by Gasteiger charge is -2.05. The summed E-state index contributed by atoms with van der Waals surface area (Å²) in [4.78, 5) is 12.3. The van der Waals surface area contributed by atoms with Gasteiger partial charge in [0.05, 0.1) is 5.69 Å². The molecule has 2 heterocycles. The standard InChI is InChI=1S/C16H15N5O/c22-16(15-9-14(20-21-15)10-4-5-10)18-12-3-1-2-11(8-12)13-6-7-17-19-13/h1-3,6-10H,4-5H2,(H,17,19)(H,18,22)(H,20,21). The maximum atomic E-state index is 12.3. The highest BCUT2D eigenvalue weighted by Gasteiger charge is 2.26. The van der Waals surface area contributed by atoms with Crippen molar-refractivity contribution in [2.75, 3.05) is 5.32 Å². The third-order valence-corrected chi connectivity index (χ3v) is 3.78. The highest BCUT2D eigenvalue weighted by molar-refractivity contribution is 6.03. The summed E-state index contributed by atoms with van der Waals surface area (Å²) in [5, 5.41) is 16.8. The van der Waals surface area contributed by atoms with E-state index in [1.54, 1.807) is 6.20 Å². The Morgan fingerprint density at radius 3 is 2.86 bits per heavy atom. The molecule has 6 heteroatoms. The molecule has 1 aliphatic carbocycles. The minimum absolute atomic E-state index is 0.204. The number of hydrogen-bond donors (Lipinski definition) is 3. The lowest BCUT2D eigenvalue weighted by molar-refractivity contribution is 0.102. The van der Waals surface area contributed by atoms with Crippen molar-refractivity contribution >= 4 is 11.6 Å². The van der Waals surface area contributed by atoms with Crippen LogP contribution in [-0.2, 0) is 0 Å². The van der Waals surface area contributed by atoms with Gasteiger partial charge in [-0.2, -0.15) is 10.2 Å². The molecule has 22 heavy (non-hydrogen) atoms. The molecule has 0 spiro atoms. The van der Waals surface area contributed by atoms with E-state index in [-0.39, 0.29) is 5.91 Å². The van der Waals surface area contributed by atoms with Gasteiger partial charge in [-0.1, -0.05) is 12.1 Å². The molecule has 3 N–H and O–H groups in total. The number of nitrogens with zero attached hydrogens (tertiary/aromatic N) is 2. The van der Waals surface area contributed by atoms with Crippen molar-refractivity contribution in [2.24, 2.45) is 0 Å². The van der Waals surface area contributed by atoms with Gasteiger partial charge in [0.25, 0.3) is 5.91 Å². The van der Waals surface area contributed by atoms with Gasteiger partial charge in [0.1, 0.15) is 0 Å². The minimum Gasteiger partial charge on any atom is -0.321 e. The Morgan fingerprint density at radius 2 is 2.09 bits per heavy atom. The Kier molecular flexibility index (Phi) is 3.00. The summed E-state index contributed by atoms with van der Waals surface area (Å²) >= 11 is 0. The molecule has 3 aromatic rings. The number of anilines is 1. The van der Waals surface area contributed by atoms with E-state index in [4.69, 9.17) is 0 Å². The number of benzene rings is 1. The van der Waals surface area contributed by atoms with Crippen LogP contribution in [-0.4, -0.2) is 26.3 Å². The zero-order valence-corrected chi connectivity index (χ0v) is 11.8. The van der Waals surface area contributed by atoms with Crippen molar-refractivity contribution < 1.29 is 4.79 Å². The summed E-state index contributed by atoms with van der Waals surface area (Å²) < 4.78 is 0. The van der Waals surface area contributed by atoms with Crippen molar-refractivity contribution in [3.63, 3.8) is 0 Å². The average Bonchev–Trinajstić information content (AvgIpc) is 3.06. The van der Waals surface area contributed by atoms with Gasteiger partial charge in [0.2, 0.25) is 0 Å². The Labute approximate surface area is 127 Å². The Morgan fingerprint density at radius 1 is 1.18 bits per heavy atom. The van der Waals surface area contributed by atoms with Crippen molar-refractivity contribution in [1.82, 2.24) is 20.4 Å². The van der Waals surface area contributed by atoms with E-state index < -0.39 is 0 Å². The first-order chi connectivity index (χ1) is 10.8. The average molecular weight is 293 g/mol. The van der Waals surface area contributed by atoms with Crippen LogP contribution in [0.2, 0.25) is 0 Å². The maximum Gasteiger partial charge on any atom is 0.276 e. The number of hydrogen-bond acceptors (Lipinski definition) is 3. The second-order valence-corrected chi connectivity index (χ2v) is 5.49. The van der Waals surface area contributed by atoms with Crippen molar-refractivity contribution in [3.8, 4) is 11.3 Å². The molecule has 0 atom stereocenters. The van der Waals surface area contributed by atoms with Crippen LogP contribution in [0.4, 0.5) is 5.69 Å². The molecule has 1 aliphatic rings. The van der Waals surface area contributed by atoms with E-state index in [0.29, 0.717) is 11.6 Å². The molecule has 0 bridgehead atoms. The van der Waals surface area contributed by atoms with E-state index in [1.165, 1.54) is 12.8 Å². The van der Waals surface area contributed by atoms with E-state index in [2.05, 4.69) is 25.7 Å². The summed E-state index contributed by atoms with van der Waals surface area (Å²) in [7, 11) is 0. The molecule has 1 fully saturated rings. The van der Waals surface area contributed by atoms with Crippen LogP contribution in [0.15, 0.2) is 42.6 Å². The molecule has 2 aromatic heterocycles. The first kappa shape index (κ1) is 12.8. The number of nitrogens with one attached hydrogen (secondary N) is 3. The Bertz CT molecular complexity index is 802. The predicted octanol–water partition coefficient (Wildman–Crippen LogP) is 2.93. The highest BCUT2D eigenvalue weighted by Crippen LogP contribution is 2.39. The molecule has 4 rings (SSSR count). The number of amides is 1. The number of aromatic amines is 2. The third-order valence-electron chi connectivity index (χ3n) is 3.78. The molecular weight excluding hydrogens is 278 g/mol. The monoisotopic (exact) mass is 293 g/mol. The summed E-state index contributed by atoms with van der Waals surface area (Å²) in [6.07, 6.45) is 4.05. The van der Waals surface area contributed by atoms with E-state index in [0.717, 1.165) is 22.6 Å². The zero-order chi connectivity index (χ0) is 14.9. The smallest absolute Gasteiger partial charge is 0.276 e. The van der Waals surface area contributed by atoms with Gasteiger partial charge in [0.15, 0.2) is 5.69 Å². The second-order valence-electron chi connectivity index (χ2n) is 5.49. The van der Waals surface area contributed by atoms with Gasteiger partial charge in [-0.15, -0.1) is 0 Å². The van der Waals surface area contributed by atoms with E-state index in [1.807, 2.05) is 36.4 Å². The highest BCUT2D eigenvalue weighted by atomic mass is 16.1. The predicted molar refractivity (Wildman–Crippen MR) is 82.5 cm³/mol. The van der Waals surface area contributed by atoms with Gasteiger partial charge < -0.3 is 5.32 Å². The minimum atomic E-state index is -0.204. The molecule has 1 amide bonds. The topological polar surface area (TPSA) is 86.5 Å². The molecule has 1 aromatic carbocycles. The van der Waals surface area contributed by atoms with Crippen LogP contribution >= 0.6 is 0 Å². The fourth-order valence-corrected chi connectivity index (χ4v) is 2.43. The molecule has 1 saturated carbocycles. The van der Waals surface area contributed by atoms with Crippen molar-refractivity contribution in [3.05, 3.63) is 54.0 Å². The second kappa shape index (κ2) is 5.14. The molecular formula is C16H15N5O. The number of rotatable bonds is 4. The van der Waals surface area contributed by atoms with Crippen LogP contribution in [0.1, 0.15) is 34.9 Å². The largest absolute Gasteiger partial charge is 0.321 e. The molecule has 6 nitrogen and oxygen atoms in total. The summed E-state index contributed by atoms with van der Waals surface area (Å²) in [5.74, 6) is 0.350. The third kappa shape index (κ3) is 2.50. The van der Waals surface area contributed by atoms with Gasteiger partial charge in [0, 0.05) is 29.1 Å². The van der Waals surface area contributed by atoms with Crippen LogP contribution in [0.25, 0.3) is 11.3 Å². The number of aromatic nitrogens is 4. The van der Waals surface area contributed by atoms with Gasteiger partial charge in [-0.3, -0.25) is 15.0 Å². The Balaban J connectivity index is 1.52. The quantitative estimate of drug-likeness (QED) is 0.691. The molecule has 0 unspecified atom stereocenters. The lowest BCUT2D eigenvalue weighted by atomic mass is 10.1. The summed E-state index contributed by atoms with van der Waals surface area (Å²) in [6, 6.07) is 11.3.